The Labute approximate surface area is 176 Å². The third-order valence-electron chi connectivity index (χ3n) is 4.05. The summed E-state index contributed by atoms with van der Waals surface area (Å²) < 4.78 is 10.2. The van der Waals surface area contributed by atoms with E-state index in [2.05, 4.69) is 15.8 Å². The molecule has 0 saturated carbocycles. The molecule has 1 heterocycles. The fourth-order valence-corrected chi connectivity index (χ4v) is 3.21. The summed E-state index contributed by atoms with van der Waals surface area (Å²) >= 11 is 1.31. The molecule has 0 aliphatic carbocycles. The maximum atomic E-state index is 12.6. The number of hydrogen-bond acceptors (Lipinski definition) is 7. The van der Waals surface area contributed by atoms with Gasteiger partial charge in [-0.1, -0.05) is 18.2 Å². The molecule has 0 saturated heterocycles. The zero-order valence-electron chi connectivity index (χ0n) is 16.2. The first-order valence-electron chi connectivity index (χ1n) is 8.75. The Bertz CT molecular complexity index is 1060. The van der Waals surface area contributed by atoms with Crippen LogP contribution in [0.1, 0.15) is 25.6 Å². The molecule has 0 aliphatic heterocycles. The van der Waals surface area contributed by atoms with Gasteiger partial charge in [0.25, 0.3) is 11.8 Å². The van der Waals surface area contributed by atoms with Crippen molar-refractivity contribution in [3.05, 3.63) is 69.9 Å². The monoisotopic (exact) mass is 425 g/mol. The molecule has 0 radical (unpaired) electrons. The molecule has 0 atom stereocenters. The van der Waals surface area contributed by atoms with Gasteiger partial charge < -0.3 is 19.9 Å². The summed E-state index contributed by atoms with van der Waals surface area (Å²) in [5.41, 5.74) is 3.60. The third kappa shape index (κ3) is 4.76. The number of hydrogen-bond donors (Lipinski definition) is 3. The van der Waals surface area contributed by atoms with Crippen LogP contribution in [-0.4, -0.2) is 37.4 Å². The number of hydrazone groups is 1. The number of ether oxygens (including phenoxy) is 2. The number of nitrogens with one attached hydrogen (secondary N) is 2. The van der Waals surface area contributed by atoms with E-state index < -0.39 is 5.91 Å². The lowest BCUT2D eigenvalue weighted by Crippen LogP contribution is -2.21. The number of amides is 2. The molecule has 8 nitrogen and oxygen atoms in total. The van der Waals surface area contributed by atoms with Crippen LogP contribution in [-0.2, 0) is 0 Å². The van der Waals surface area contributed by atoms with Crippen LogP contribution >= 0.6 is 11.3 Å². The number of phenolic OH excluding ortho intramolecular Hbond substituents is 1. The van der Waals surface area contributed by atoms with Crippen molar-refractivity contribution in [3.63, 3.8) is 0 Å². The Morgan fingerprint density at radius 1 is 1.03 bits per heavy atom. The van der Waals surface area contributed by atoms with Crippen LogP contribution in [0.3, 0.4) is 0 Å². The van der Waals surface area contributed by atoms with Crippen LogP contribution in [0.25, 0.3) is 0 Å². The molecule has 0 fully saturated rings. The predicted molar refractivity (Wildman–Crippen MR) is 115 cm³/mol. The number of phenols is 1. The van der Waals surface area contributed by atoms with Gasteiger partial charge in [0.05, 0.1) is 36.6 Å². The molecule has 3 aromatic rings. The van der Waals surface area contributed by atoms with Gasteiger partial charge in [-0.3, -0.25) is 9.59 Å². The van der Waals surface area contributed by atoms with E-state index in [1.165, 1.54) is 31.8 Å². The van der Waals surface area contributed by atoms with Crippen molar-refractivity contribution in [2.75, 3.05) is 19.5 Å². The number of nitrogens with zero attached hydrogens (tertiary/aromatic N) is 1. The number of anilines is 1. The molecule has 3 rings (SSSR count). The molecule has 0 aliphatic rings. The molecule has 154 valence electrons. The number of thiophene rings is 1. The van der Waals surface area contributed by atoms with Crippen LogP contribution in [0.5, 0.6) is 17.2 Å². The Kier molecular flexibility index (Phi) is 6.66. The fraction of sp³-hybridized carbons (Fsp3) is 0.0952. The van der Waals surface area contributed by atoms with E-state index in [1.54, 1.807) is 53.9 Å². The van der Waals surface area contributed by atoms with Gasteiger partial charge >= 0.3 is 0 Å². The van der Waals surface area contributed by atoms with Gasteiger partial charge in [0.2, 0.25) is 5.75 Å². The van der Waals surface area contributed by atoms with Crippen LogP contribution in [0, 0.1) is 0 Å². The number of benzene rings is 2. The number of carbonyl (C=O) groups is 2. The molecule has 0 spiro atoms. The number of rotatable bonds is 7. The first-order valence-corrected chi connectivity index (χ1v) is 9.63. The summed E-state index contributed by atoms with van der Waals surface area (Å²) in [5.74, 6) is -0.493. The normalized spacial score (nSPS) is 10.6. The Hall–Kier alpha value is -3.85. The minimum absolute atomic E-state index is 0.128. The lowest BCUT2D eigenvalue weighted by atomic mass is 10.1. The molecule has 0 bridgehead atoms. The lowest BCUT2D eigenvalue weighted by Gasteiger charge is -2.10. The molecule has 2 aromatic carbocycles. The molecular formula is C21H19N3O5S. The summed E-state index contributed by atoms with van der Waals surface area (Å²) in [7, 11) is 2.83. The average molecular weight is 425 g/mol. The summed E-state index contributed by atoms with van der Waals surface area (Å²) in [5, 5.41) is 18.4. The van der Waals surface area contributed by atoms with Crippen LogP contribution in [0.2, 0.25) is 0 Å². The van der Waals surface area contributed by atoms with E-state index in [9.17, 15) is 14.7 Å². The second-order valence-electron chi connectivity index (χ2n) is 5.95. The summed E-state index contributed by atoms with van der Waals surface area (Å²) in [4.78, 5) is 25.4. The van der Waals surface area contributed by atoms with Crippen molar-refractivity contribution < 1.29 is 24.2 Å². The van der Waals surface area contributed by atoms with E-state index in [4.69, 9.17) is 9.47 Å². The standard InChI is InChI=1S/C21H19N3O5S/c1-28-16-10-13(11-17(29-2)19(16)25)12-22-24-20(26)14-6-3-4-7-15(14)23-21(27)18-8-5-9-30-18/h3-12,25H,1-2H3,(H,23,27)(H,24,26)/b22-12+. The number of carbonyl (C=O) groups excluding carboxylic acids is 2. The molecule has 3 N–H and O–H groups in total. The number of aromatic hydroxyl groups is 1. The zero-order valence-corrected chi connectivity index (χ0v) is 17.0. The zero-order chi connectivity index (χ0) is 21.5. The third-order valence-corrected chi connectivity index (χ3v) is 4.92. The van der Waals surface area contributed by atoms with Crippen LogP contribution in [0.15, 0.2) is 59.0 Å². The number of methoxy groups -OCH3 is 2. The van der Waals surface area contributed by atoms with E-state index in [-0.39, 0.29) is 28.7 Å². The van der Waals surface area contributed by atoms with Crippen molar-refractivity contribution >= 4 is 35.1 Å². The van der Waals surface area contributed by atoms with Gasteiger partial charge in [0.15, 0.2) is 11.5 Å². The van der Waals surface area contributed by atoms with Crippen molar-refractivity contribution in [3.8, 4) is 17.2 Å². The smallest absolute Gasteiger partial charge is 0.273 e. The maximum Gasteiger partial charge on any atom is 0.273 e. The second kappa shape index (κ2) is 9.57. The Balaban J connectivity index is 1.73. The second-order valence-corrected chi connectivity index (χ2v) is 6.90. The highest BCUT2D eigenvalue weighted by atomic mass is 32.1. The topological polar surface area (TPSA) is 109 Å². The molecular weight excluding hydrogens is 406 g/mol. The van der Waals surface area contributed by atoms with E-state index in [1.807, 2.05) is 0 Å². The highest BCUT2D eigenvalue weighted by Gasteiger charge is 2.14. The van der Waals surface area contributed by atoms with Crippen molar-refractivity contribution in [2.45, 2.75) is 0 Å². The first-order chi connectivity index (χ1) is 14.5. The van der Waals surface area contributed by atoms with E-state index in [0.717, 1.165) is 0 Å². The van der Waals surface area contributed by atoms with Gasteiger partial charge in [-0.05, 0) is 35.7 Å². The SMILES string of the molecule is COc1cc(/C=N/NC(=O)c2ccccc2NC(=O)c2cccs2)cc(OC)c1O. The quantitative estimate of drug-likeness (QED) is 0.397. The largest absolute Gasteiger partial charge is 0.502 e. The number of para-hydroxylation sites is 1. The van der Waals surface area contributed by atoms with Crippen molar-refractivity contribution in [1.82, 2.24) is 5.43 Å². The highest BCUT2D eigenvalue weighted by molar-refractivity contribution is 7.12. The van der Waals surface area contributed by atoms with Gasteiger partial charge in [-0.2, -0.15) is 5.10 Å². The van der Waals surface area contributed by atoms with Crippen LogP contribution in [0.4, 0.5) is 5.69 Å². The molecule has 1 aromatic heterocycles. The van der Waals surface area contributed by atoms with Crippen molar-refractivity contribution in [2.24, 2.45) is 5.10 Å². The minimum Gasteiger partial charge on any atom is -0.502 e. The summed E-state index contributed by atoms with van der Waals surface area (Å²) in [6.07, 6.45) is 1.38. The highest BCUT2D eigenvalue weighted by Crippen LogP contribution is 2.36. The molecule has 30 heavy (non-hydrogen) atoms. The Morgan fingerprint density at radius 2 is 1.73 bits per heavy atom. The van der Waals surface area contributed by atoms with Gasteiger partial charge in [-0.15, -0.1) is 11.3 Å². The molecule has 9 heteroatoms. The Morgan fingerprint density at radius 3 is 2.37 bits per heavy atom. The molecule has 0 unspecified atom stereocenters. The van der Waals surface area contributed by atoms with Crippen LogP contribution < -0.4 is 20.2 Å². The maximum absolute atomic E-state index is 12.6. The lowest BCUT2D eigenvalue weighted by molar-refractivity contribution is 0.0956. The predicted octanol–water partition coefficient (Wildman–Crippen LogP) is 3.49. The van der Waals surface area contributed by atoms with Crippen molar-refractivity contribution in [1.29, 1.82) is 0 Å². The fourth-order valence-electron chi connectivity index (χ4n) is 2.60. The first kappa shape index (κ1) is 20.9. The van der Waals surface area contributed by atoms with Gasteiger partial charge in [-0.25, -0.2) is 5.43 Å². The summed E-state index contributed by atoms with van der Waals surface area (Å²) in [6, 6.07) is 13.2. The minimum atomic E-state index is -0.494. The van der Waals surface area contributed by atoms with Gasteiger partial charge in [0, 0.05) is 5.56 Å². The van der Waals surface area contributed by atoms with E-state index in [0.29, 0.717) is 16.1 Å². The average Bonchev–Trinajstić information content (AvgIpc) is 3.30. The van der Waals surface area contributed by atoms with Gasteiger partial charge in [0.1, 0.15) is 0 Å². The molecule has 2 amide bonds. The van der Waals surface area contributed by atoms with E-state index >= 15 is 0 Å². The summed E-state index contributed by atoms with van der Waals surface area (Å²) in [6.45, 7) is 0.